The van der Waals surface area contributed by atoms with Gasteiger partial charge in [-0.3, -0.25) is 9.59 Å². The quantitative estimate of drug-likeness (QED) is 0.911. The topological polar surface area (TPSA) is 86.6 Å². The predicted molar refractivity (Wildman–Crippen MR) is 87.6 cm³/mol. The number of anilines is 1. The van der Waals surface area contributed by atoms with Crippen LogP contribution in [0.1, 0.15) is 12.8 Å². The Balaban J connectivity index is 1.77. The number of carbonyl (C=O) groups excluding carboxylic acids is 1. The van der Waals surface area contributed by atoms with Crippen LogP contribution in [0.25, 0.3) is 10.2 Å². The SMILES string of the molecule is CN(CC(=O)O)C(=O)C1CCCN(c2ncnc3sccc23)C1. The molecule has 0 saturated carbocycles. The molecular formula is C15H18N4O3S. The molecule has 0 aliphatic carbocycles. The highest BCUT2D eigenvalue weighted by Crippen LogP contribution is 2.30. The molecule has 122 valence electrons. The summed E-state index contributed by atoms with van der Waals surface area (Å²) < 4.78 is 0. The van der Waals surface area contributed by atoms with Gasteiger partial charge in [-0.15, -0.1) is 11.3 Å². The summed E-state index contributed by atoms with van der Waals surface area (Å²) in [6, 6.07) is 2.00. The molecule has 0 spiro atoms. The van der Waals surface area contributed by atoms with Gasteiger partial charge in [0.05, 0.1) is 11.3 Å². The van der Waals surface area contributed by atoms with Gasteiger partial charge in [0.25, 0.3) is 0 Å². The summed E-state index contributed by atoms with van der Waals surface area (Å²) in [7, 11) is 1.54. The third kappa shape index (κ3) is 3.26. The van der Waals surface area contributed by atoms with Crippen molar-refractivity contribution in [1.82, 2.24) is 14.9 Å². The summed E-state index contributed by atoms with van der Waals surface area (Å²) in [6.07, 6.45) is 3.21. The number of carboxylic acid groups (broad SMARTS) is 1. The number of aromatic nitrogens is 2. The molecule has 23 heavy (non-hydrogen) atoms. The molecule has 1 amide bonds. The number of likely N-dealkylation sites (N-methyl/N-ethyl adjacent to an activating group) is 1. The van der Waals surface area contributed by atoms with Crippen LogP contribution in [-0.4, -0.2) is 58.5 Å². The second kappa shape index (κ2) is 6.49. The average Bonchev–Trinajstić information content (AvgIpc) is 3.02. The Morgan fingerprint density at radius 3 is 3.09 bits per heavy atom. The van der Waals surface area contributed by atoms with Gasteiger partial charge in [0, 0.05) is 20.1 Å². The highest BCUT2D eigenvalue weighted by molar-refractivity contribution is 7.16. The Labute approximate surface area is 137 Å². The van der Waals surface area contributed by atoms with Gasteiger partial charge in [-0.1, -0.05) is 0 Å². The molecule has 1 N–H and O–H groups in total. The number of piperidine rings is 1. The highest BCUT2D eigenvalue weighted by Gasteiger charge is 2.30. The van der Waals surface area contributed by atoms with Gasteiger partial charge < -0.3 is 14.9 Å². The lowest BCUT2D eigenvalue weighted by Gasteiger charge is -2.34. The molecule has 1 aliphatic heterocycles. The minimum absolute atomic E-state index is 0.118. The minimum atomic E-state index is -0.996. The van der Waals surface area contributed by atoms with Crippen LogP contribution in [0.4, 0.5) is 5.82 Å². The van der Waals surface area contributed by atoms with Crippen molar-refractivity contribution in [3.63, 3.8) is 0 Å². The van der Waals surface area contributed by atoms with E-state index in [1.54, 1.807) is 17.7 Å². The largest absolute Gasteiger partial charge is 0.480 e. The summed E-state index contributed by atoms with van der Waals surface area (Å²) in [5.74, 6) is -0.455. The molecule has 3 heterocycles. The van der Waals surface area contributed by atoms with Crippen LogP contribution in [0.2, 0.25) is 0 Å². The number of thiophene rings is 1. The third-order valence-electron chi connectivity index (χ3n) is 4.06. The number of carbonyl (C=O) groups is 2. The fourth-order valence-electron chi connectivity index (χ4n) is 2.99. The number of hydrogen-bond acceptors (Lipinski definition) is 6. The molecule has 0 bridgehead atoms. The van der Waals surface area contributed by atoms with Crippen molar-refractivity contribution in [2.75, 3.05) is 31.6 Å². The van der Waals surface area contributed by atoms with Gasteiger partial charge in [-0.25, -0.2) is 9.97 Å². The van der Waals surface area contributed by atoms with Crippen LogP contribution in [-0.2, 0) is 9.59 Å². The number of nitrogens with zero attached hydrogens (tertiary/aromatic N) is 4. The normalized spacial score (nSPS) is 18.1. The first-order chi connectivity index (χ1) is 11.1. The third-order valence-corrected chi connectivity index (χ3v) is 4.88. The lowest BCUT2D eigenvalue weighted by molar-refractivity contribution is -0.145. The number of hydrogen-bond donors (Lipinski definition) is 1. The molecule has 3 rings (SSSR count). The average molecular weight is 334 g/mol. The molecule has 1 saturated heterocycles. The smallest absolute Gasteiger partial charge is 0.323 e. The molecule has 8 heteroatoms. The van der Waals surface area contributed by atoms with Crippen molar-refractivity contribution in [3.8, 4) is 0 Å². The standard InChI is InChI=1S/C15H18N4O3S/c1-18(8-12(20)21)15(22)10-3-2-5-19(7-10)13-11-4-6-23-14(11)17-9-16-13/h4,6,9-10H,2-3,5,7-8H2,1H3,(H,20,21). The van der Waals surface area contributed by atoms with E-state index in [9.17, 15) is 9.59 Å². The fourth-order valence-corrected chi connectivity index (χ4v) is 3.72. The molecule has 0 radical (unpaired) electrons. The van der Waals surface area contributed by atoms with Crippen LogP contribution in [0.3, 0.4) is 0 Å². The zero-order chi connectivity index (χ0) is 16.4. The van der Waals surface area contributed by atoms with E-state index >= 15 is 0 Å². The lowest BCUT2D eigenvalue weighted by atomic mass is 9.96. The molecule has 2 aromatic rings. The van der Waals surface area contributed by atoms with E-state index < -0.39 is 5.97 Å². The fraction of sp³-hybridized carbons (Fsp3) is 0.467. The number of amides is 1. The number of carboxylic acids is 1. The molecule has 2 aromatic heterocycles. The van der Waals surface area contributed by atoms with E-state index in [0.717, 1.165) is 35.4 Å². The van der Waals surface area contributed by atoms with Crippen LogP contribution < -0.4 is 4.90 Å². The summed E-state index contributed by atoms with van der Waals surface area (Å²) in [6.45, 7) is 1.14. The second-order valence-electron chi connectivity index (χ2n) is 5.71. The molecule has 1 atom stereocenters. The summed E-state index contributed by atoms with van der Waals surface area (Å²) in [5, 5.41) is 11.8. The van der Waals surface area contributed by atoms with Crippen LogP contribution in [0.5, 0.6) is 0 Å². The van der Waals surface area contributed by atoms with Crippen molar-refractivity contribution < 1.29 is 14.7 Å². The predicted octanol–water partition coefficient (Wildman–Crippen LogP) is 1.45. The molecule has 0 aromatic carbocycles. The Morgan fingerprint density at radius 1 is 1.48 bits per heavy atom. The van der Waals surface area contributed by atoms with Crippen molar-refractivity contribution in [3.05, 3.63) is 17.8 Å². The van der Waals surface area contributed by atoms with Gasteiger partial charge in [0.1, 0.15) is 23.5 Å². The highest BCUT2D eigenvalue weighted by atomic mass is 32.1. The van der Waals surface area contributed by atoms with E-state index in [2.05, 4.69) is 14.9 Å². The van der Waals surface area contributed by atoms with Crippen LogP contribution in [0.15, 0.2) is 17.8 Å². The van der Waals surface area contributed by atoms with E-state index in [1.807, 2.05) is 11.4 Å². The molecular weight excluding hydrogens is 316 g/mol. The van der Waals surface area contributed by atoms with Crippen molar-refractivity contribution in [1.29, 1.82) is 0 Å². The van der Waals surface area contributed by atoms with Gasteiger partial charge in [-0.2, -0.15) is 0 Å². The Bertz CT molecular complexity index is 732. The van der Waals surface area contributed by atoms with Crippen LogP contribution >= 0.6 is 11.3 Å². The first kappa shape index (κ1) is 15.7. The van der Waals surface area contributed by atoms with E-state index in [0.29, 0.717) is 6.54 Å². The number of aliphatic carboxylic acids is 1. The maximum atomic E-state index is 12.4. The van der Waals surface area contributed by atoms with Gasteiger partial charge in [-0.05, 0) is 24.3 Å². The second-order valence-corrected chi connectivity index (χ2v) is 6.60. The summed E-state index contributed by atoms with van der Waals surface area (Å²) in [4.78, 5) is 36.2. The summed E-state index contributed by atoms with van der Waals surface area (Å²) in [5.41, 5.74) is 0. The zero-order valence-electron chi connectivity index (χ0n) is 12.8. The maximum absolute atomic E-state index is 12.4. The van der Waals surface area contributed by atoms with Crippen LogP contribution in [0, 0.1) is 5.92 Å². The Morgan fingerprint density at radius 2 is 2.30 bits per heavy atom. The molecule has 1 unspecified atom stereocenters. The molecule has 7 nitrogen and oxygen atoms in total. The summed E-state index contributed by atoms with van der Waals surface area (Å²) >= 11 is 1.57. The molecule has 1 aliphatic rings. The first-order valence-electron chi connectivity index (χ1n) is 7.46. The first-order valence-corrected chi connectivity index (χ1v) is 8.34. The van der Waals surface area contributed by atoms with Crippen molar-refractivity contribution in [2.45, 2.75) is 12.8 Å². The van der Waals surface area contributed by atoms with Gasteiger partial charge >= 0.3 is 5.97 Å². The maximum Gasteiger partial charge on any atom is 0.323 e. The van der Waals surface area contributed by atoms with E-state index in [-0.39, 0.29) is 18.4 Å². The van der Waals surface area contributed by atoms with Crippen molar-refractivity contribution >= 4 is 39.2 Å². The zero-order valence-corrected chi connectivity index (χ0v) is 13.6. The Kier molecular flexibility index (Phi) is 4.42. The molecule has 1 fully saturated rings. The van der Waals surface area contributed by atoms with Gasteiger partial charge in [0.2, 0.25) is 5.91 Å². The monoisotopic (exact) mass is 334 g/mol. The lowest BCUT2D eigenvalue weighted by Crippen LogP contribution is -2.45. The Hall–Kier alpha value is -2.22. The minimum Gasteiger partial charge on any atom is -0.480 e. The number of rotatable bonds is 4. The number of fused-ring (bicyclic) bond motifs is 1. The van der Waals surface area contributed by atoms with Gasteiger partial charge in [0.15, 0.2) is 0 Å². The van der Waals surface area contributed by atoms with E-state index in [4.69, 9.17) is 5.11 Å². The van der Waals surface area contributed by atoms with Crippen molar-refractivity contribution in [2.24, 2.45) is 5.92 Å². The van der Waals surface area contributed by atoms with E-state index in [1.165, 1.54) is 11.9 Å².